The molecule has 2 fully saturated rings. The highest BCUT2D eigenvalue weighted by molar-refractivity contribution is 6.32. The van der Waals surface area contributed by atoms with Crippen molar-refractivity contribution in [1.29, 1.82) is 0 Å². The number of morpholine rings is 1. The van der Waals surface area contributed by atoms with Crippen LogP contribution in [0.25, 0.3) is 0 Å². The summed E-state index contributed by atoms with van der Waals surface area (Å²) in [6, 6.07) is 6.78. The predicted molar refractivity (Wildman–Crippen MR) is 84.1 cm³/mol. The average molecular weight is 311 g/mol. The zero-order chi connectivity index (χ0) is 14.5. The Hall–Kier alpha value is -0.810. The molecule has 0 amide bonds. The number of rotatable bonds is 7. The first-order valence-electron chi connectivity index (χ1n) is 7.76. The first-order valence-corrected chi connectivity index (χ1v) is 8.14. The lowest BCUT2D eigenvalue weighted by Gasteiger charge is -2.26. The van der Waals surface area contributed by atoms with Gasteiger partial charge in [0, 0.05) is 32.2 Å². The highest BCUT2D eigenvalue weighted by Gasteiger charge is 2.20. The number of halogens is 1. The van der Waals surface area contributed by atoms with Crippen LogP contribution in [0.5, 0.6) is 5.75 Å². The molecule has 1 heterocycles. The van der Waals surface area contributed by atoms with E-state index < -0.39 is 0 Å². The summed E-state index contributed by atoms with van der Waals surface area (Å²) in [6.07, 6.45) is 2.60. The largest absolute Gasteiger partial charge is 0.491 e. The van der Waals surface area contributed by atoms with Crippen molar-refractivity contribution in [3.63, 3.8) is 0 Å². The van der Waals surface area contributed by atoms with E-state index in [1.807, 2.05) is 12.1 Å². The van der Waals surface area contributed by atoms with Crippen molar-refractivity contribution < 1.29 is 9.47 Å². The van der Waals surface area contributed by atoms with E-state index in [4.69, 9.17) is 21.1 Å². The highest BCUT2D eigenvalue weighted by atomic mass is 35.5. The van der Waals surface area contributed by atoms with E-state index in [9.17, 15) is 0 Å². The second-order valence-corrected chi connectivity index (χ2v) is 6.13. The molecule has 0 radical (unpaired) electrons. The van der Waals surface area contributed by atoms with E-state index >= 15 is 0 Å². The van der Waals surface area contributed by atoms with Gasteiger partial charge in [-0.15, -0.1) is 0 Å². The Kier molecular flexibility index (Phi) is 5.36. The number of nitrogens with one attached hydrogen (secondary N) is 1. The van der Waals surface area contributed by atoms with Gasteiger partial charge >= 0.3 is 0 Å². The predicted octanol–water partition coefficient (Wildman–Crippen LogP) is 2.30. The maximum atomic E-state index is 6.30. The summed E-state index contributed by atoms with van der Waals surface area (Å²) in [7, 11) is 0. The first-order chi connectivity index (χ1) is 10.3. The van der Waals surface area contributed by atoms with Crippen LogP contribution in [0, 0.1) is 0 Å². The van der Waals surface area contributed by atoms with Crippen molar-refractivity contribution in [2.24, 2.45) is 0 Å². The Bertz CT molecular complexity index is 460. The molecule has 5 heteroatoms. The molecule has 1 aromatic rings. The Labute approximate surface area is 131 Å². The quantitative estimate of drug-likeness (QED) is 0.838. The van der Waals surface area contributed by atoms with Crippen molar-refractivity contribution in [3.8, 4) is 5.75 Å². The molecule has 1 saturated carbocycles. The molecular formula is C16H23ClN2O2. The molecule has 2 aliphatic rings. The summed E-state index contributed by atoms with van der Waals surface area (Å²) in [5.74, 6) is 0.778. The lowest BCUT2D eigenvalue weighted by Crippen LogP contribution is -2.38. The van der Waals surface area contributed by atoms with Crippen LogP contribution >= 0.6 is 11.6 Å². The van der Waals surface area contributed by atoms with Gasteiger partial charge < -0.3 is 14.8 Å². The molecule has 1 N–H and O–H groups in total. The summed E-state index contributed by atoms with van der Waals surface area (Å²) in [6.45, 7) is 6.10. The summed E-state index contributed by atoms with van der Waals surface area (Å²) >= 11 is 6.30. The molecule has 0 atom stereocenters. The summed E-state index contributed by atoms with van der Waals surface area (Å²) in [5.41, 5.74) is 1.22. The summed E-state index contributed by atoms with van der Waals surface area (Å²) < 4.78 is 11.1. The van der Waals surface area contributed by atoms with Crippen molar-refractivity contribution >= 4 is 11.6 Å². The first kappa shape index (κ1) is 15.1. The standard InChI is InChI=1S/C16H23ClN2O2/c17-15-11-13(12-18-14-2-3-14)1-4-16(15)21-10-7-19-5-8-20-9-6-19/h1,4,11,14,18H,2-3,5-10,12H2. The fourth-order valence-corrected chi connectivity index (χ4v) is 2.69. The Morgan fingerprint density at radius 2 is 2.10 bits per heavy atom. The maximum absolute atomic E-state index is 6.30. The highest BCUT2D eigenvalue weighted by Crippen LogP contribution is 2.26. The van der Waals surface area contributed by atoms with Crippen molar-refractivity contribution in [2.75, 3.05) is 39.5 Å². The molecule has 0 spiro atoms. The number of ether oxygens (including phenoxy) is 2. The van der Waals surface area contributed by atoms with Crippen LogP contribution in [-0.2, 0) is 11.3 Å². The van der Waals surface area contributed by atoms with Crippen LogP contribution in [0.2, 0.25) is 5.02 Å². The van der Waals surface area contributed by atoms with Gasteiger partial charge in [0.25, 0.3) is 0 Å². The van der Waals surface area contributed by atoms with Gasteiger partial charge in [-0.25, -0.2) is 0 Å². The molecule has 1 aromatic carbocycles. The molecule has 4 nitrogen and oxygen atoms in total. The average Bonchev–Trinajstić information content (AvgIpc) is 3.32. The molecule has 116 valence electrons. The third-order valence-corrected chi connectivity index (χ3v) is 4.23. The van der Waals surface area contributed by atoms with E-state index in [1.165, 1.54) is 18.4 Å². The zero-order valence-electron chi connectivity index (χ0n) is 12.3. The number of benzene rings is 1. The van der Waals surface area contributed by atoms with Crippen LogP contribution in [-0.4, -0.2) is 50.4 Å². The van der Waals surface area contributed by atoms with Gasteiger partial charge in [0.2, 0.25) is 0 Å². The van der Waals surface area contributed by atoms with Gasteiger partial charge in [-0.3, -0.25) is 4.90 Å². The van der Waals surface area contributed by atoms with Gasteiger partial charge in [-0.05, 0) is 30.5 Å². The van der Waals surface area contributed by atoms with Crippen LogP contribution in [0.1, 0.15) is 18.4 Å². The van der Waals surface area contributed by atoms with Crippen LogP contribution in [0.3, 0.4) is 0 Å². The van der Waals surface area contributed by atoms with Crippen LogP contribution < -0.4 is 10.1 Å². The molecule has 1 aliphatic heterocycles. The Morgan fingerprint density at radius 1 is 1.29 bits per heavy atom. The fraction of sp³-hybridized carbons (Fsp3) is 0.625. The SMILES string of the molecule is Clc1cc(CNC2CC2)ccc1OCCN1CCOCC1. The van der Waals surface area contributed by atoms with Gasteiger partial charge in [0.1, 0.15) is 12.4 Å². The topological polar surface area (TPSA) is 33.7 Å². The van der Waals surface area contributed by atoms with Gasteiger partial charge in [-0.1, -0.05) is 17.7 Å². The number of nitrogens with zero attached hydrogens (tertiary/aromatic N) is 1. The zero-order valence-corrected chi connectivity index (χ0v) is 13.1. The lowest BCUT2D eigenvalue weighted by molar-refractivity contribution is 0.0322. The van der Waals surface area contributed by atoms with Crippen molar-refractivity contribution in [2.45, 2.75) is 25.4 Å². The van der Waals surface area contributed by atoms with Crippen LogP contribution in [0.4, 0.5) is 0 Å². The second-order valence-electron chi connectivity index (χ2n) is 5.72. The molecular weight excluding hydrogens is 288 g/mol. The smallest absolute Gasteiger partial charge is 0.137 e. The Balaban J connectivity index is 1.43. The monoisotopic (exact) mass is 310 g/mol. The normalized spacial score (nSPS) is 19.7. The maximum Gasteiger partial charge on any atom is 0.137 e. The summed E-state index contributed by atoms with van der Waals surface area (Å²) in [5, 5.41) is 4.19. The molecule has 0 aromatic heterocycles. The van der Waals surface area contributed by atoms with E-state index in [1.54, 1.807) is 0 Å². The molecule has 0 unspecified atom stereocenters. The third-order valence-electron chi connectivity index (χ3n) is 3.94. The second kappa shape index (κ2) is 7.45. The molecule has 1 saturated heterocycles. The minimum Gasteiger partial charge on any atom is -0.491 e. The number of hydrogen-bond acceptors (Lipinski definition) is 4. The molecule has 0 bridgehead atoms. The van der Waals surface area contributed by atoms with Gasteiger partial charge in [-0.2, -0.15) is 0 Å². The van der Waals surface area contributed by atoms with E-state index in [0.717, 1.165) is 45.1 Å². The minimum absolute atomic E-state index is 0.666. The molecule has 21 heavy (non-hydrogen) atoms. The van der Waals surface area contributed by atoms with Crippen molar-refractivity contribution in [3.05, 3.63) is 28.8 Å². The Morgan fingerprint density at radius 3 is 2.81 bits per heavy atom. The van der Waals surface area contributed by atoms with E-state index in [-0.39, 0.29) is 0 Å². The number of hydrogen-bond donors (Lipinski definition) is 1. The molecule has 3 rings (SSSR count). The van der Waals surface area contributed by atoms with Gasteiger partial charge in [0.05, 0.1) is 18.2 Å². The van der Waals surface area contributed by atoms with Gasteiger partial charge in [0.15, 0.2) is 0 Å². The third kappa shape index (κ3) is 4.85. The fourth-order valence-electron chi connectivity index (χ4n) is 2.43. The van der Waals surface area contributed by atoms with E-state index in [0.29, 0.717) is 17.7 Å². The molecule has 1 aliphatic carbocycles. The van der Waals surface area contributed by atoms with E-state index in [2.05, 4.69) is 16.3 Å². The lowest BCUT2D eigenvalue weighted by atomic mass is 10.2. The van der Waals surface area contributed by atoms with Crippen molar-refractivity contribution in [1.82, 2.24) is 10.2 Å². The van der Waals surface area contributed by atoms with Crippen LogP contribution in [0.15, 0.2) is 18.2 Å². The summed E-state index contributed by atoms with van der Waals surface area (Å²) in [4.78, 5) is 2.35. The minimum atomic E-state index is 0.666.